The van der Waals surface area contributed by atoms with Crippen LogP contribution >= 0.6 is 23.2 Å². The molecule has 0 bridgehead atoms. The second kappa shape index (κ2) is 17.1. The predicted molar refractivity (Wildman–Crippen MR) is 195 cm³/mol. The Hall–Kier alpha value is -4.05. The van der Waals surface area contributed by atoms with Gasteiger partial charge in [-0.15, -0.1) is 0 Å². The van der Waals surface area contributed by atoms with Crippen molar-refractivity contribution in [2.24, 2.45) is 0 Å². The molecule has 0 spiro atoms. The third-order valence-corrected chi connectivity index (χ3v) is 10.8. The fourth-order valence-electron chi connectivity index (χ4n) is 6.12. The molecule has 0 radical (unpaired) electrons. The van der Waals surface area contributed by atoms with Gasteiger partial charge in [0.15, 0.2) is 0 Å². The van der Waals surface area contributed by atoms with Crippen molar-refractivity contribution in [3.63, 3.8) is 0 Å². The Morgan fingerprint density at radius 3 is 2.20 bits per heavy atom. The van der Waals surface area contributed by atoms with Crippen molar-refractivity contribution in [1.29, 1.82) is 0 Å². The second-order valence-corrected chi connectivity index (χ2v) is 14.8. The first-order chi connectivity index (χ1) is 23.7. The van der Waals surface area contributed by atoms with Gasteiger partial charge in [-0.25, -0.2) is 8.42 Å². The molecule has 0 aliphatic heterocycles. The van der Waals surface area contributed by atoms with Gasteiger partial charge in [-0.05, 0) is 79.4 Å². The van der Waals surface area contributed by atoms with Crippen LogP contribution in [0.25, 0.3) is 0 Å². The van der Waals surface area contributed by atoms with Gasteiger partial charge in [-0.1, -0.05) is 97.1 Å². The number of hydrogen-bond donors (Lipinski definition) is 1. The predicted octanol–water partition coefficient (Wildman–Crippen LogP) is 7.68. The molecule has 2 amide bonds. The van der Waals surface area contributed by atoms with Crippen molar-refractivity contribution in [1.82, 2.24) is 10.2 Å². The quantitative estimate of drug-likeness (QED) is 0.144. The van der Waals surface area contributed by atoms with Crippen LogP contribution in [0.5, 0.6) is 5.75 Å². The van der Waals surface area contributed by atoms with Gasteiger partial charge in [-0.3, -0.25) is 13.9 Å². The van der Waals surface area contributed by atoms with Crippen LogP contribution in [0.1, 0.15) is 50.2 Å². The number of ether oxygens (including phenoxy) is 1. The topological polar surface area (TPSA) is 96.0 Å². The molecule has 1 atom stereocenters. The lowest BCUT2D eigenvalue weighted by atomic mass is 9.94. The first-order valence-electron chi connectivity index (χ1n) is 16.5. The third kappa shape index (κ3) is 9.56. The van der Waals surface area contributed by atoms with Crippen LogP contribution in [-0.2, 0) is 32.6 Å². The Balaban J connectivity index is 1.59. The fourth-order valence-corrected chi connectivity index (χ4v) is 7.88. The monoisotopic (exact) mass is 721 g/mol. The number of halogens is 2. The summed E-state index contributed by atoms with van der Waals surface area (Å²) in [6.07, 6.45) is 5.14. The molecular formula is C38H41Cl2N3O5S. The molecule has 5 rings (SSSR count). The molecule has 0 heterocycles. The van der Waals surface area contributed by atoms with Crippen LogP contribution in [-0.4, -0.2) is 50.4 Å². The lowest BCUT2D eigenvalue weighted by molar-refractivity contribution is -0.140. The van der Waals surface area contributed by atoms with Crippen molar-refractivity contribution in [3.05, 3.63) is 124 Å². The highest BCUT2D eigenvalue weighted by Crippen LogP contribution is 2.33. The summed E-state index contributed by atoms with van der Waals surface area (Å²) in [5, 5.41) is 4.07. The summed E-state index contributed by atoms with van der Waals surface area (Å²) < 4.78 is 35.6. The number of benzene rings is 4. The molecule has 0 aromatic heterocycles. The van der Waals surface area contributed by atoms with Gasteiger partial charge in [0, 0.05) is 29.1 Å². The molecule has 1 N–H and O–H groups in total. The zero-order valence-corrected chi connectivity index (χ0v) is 29.8. The largest absolute Gasteiger partial charge is 0.492 e. The molecule has 1 fully saturated rings. The van der Waals surface area contributed by atoms with E-state index in [1.54, 1.807) is 49.4 Å². The Morgan fingerprint density at radius 1 is 0.837 bits per heavy atom. The van der Waals surface area contributed by atoms with E-state index in [0.29, 0.717) is 21.4 Å². The summed E-state index contributed by atoms with van der Waals surface area (Å²) in [6.45, 7) is 1.50. The van der Waals surface area contributed by atoms with E-state index in [9.17, 15) is 18.0 Å². The van der Waals surface area contributed by atoms with Gasteiger partial charge in [0.2, 0.25) is 11.8 Å². The SMILES string of the molecule is CCOc1ccccc1N(CC(=O)N(Cc1cccc(Cl)c1)[C@H](Cc1ccccc1)C(=O)NC1CCCCC1)S(=O)(=O)c1ccc(Cl)cc1. The molecule has 4 aromatic carbocycles. The molecule has 1 aliphatic carbocycles. The third-order valence-electron chi connectivity index (χ3n) is 8.58. The Morgan fingerprint density at radius 2 is 1.51 bits per heavy atom. The summed E-state index contributed by atoms with van der Waals surface area (Å²) in [7, 11) is -4.32. The number of anilines is 1. The summed E-state index contributed by atoms with van der Waals surface area (Å²) >= 11 is 12.5. The average molecular weight is 723 g/mol. The van der Waals surface area contributed by atoms with E-state index in [4.69, 9.17) is 27.9 Å². The maximum absolute atomic E-state index is 14.8. The molecule has 4 aromatic rings. The Bertz CT molecular complexity index is 1820. The van der Waals surface area contributed by atoms with Crippen LogP contribution in [0.15, 0.2) is 108 Å². The van der Waals surface area contributed by atoms with E-state index >= 15 is 0 Å². The van der Waals surface area contributed by atoms with Gasteiger partial charge in [-0.2, -0.15) is 0 Å². The lowest BCUT2D eigenvalue weighted by Gasteiger charge is -2.35. The van der Waals surface area contributed by atoms with Crippen LogP contribution in [0.2, 0.25) is 10.0 Å². The normalized spacial score (nSPS) is 14.1. The Labute approximate surface area is 299 Å². The summed E-state index contributed by atoms with van der Waals surface area (Å²) in [5.41, 5.74) is 1.76. The minimum absolute atomic E-state index is 0.00231. The standard InChI is InChI=1S/C38H41Cl2N3O5S/c1-2-48-36-19-10-9-18-34(36)43(49(46,47)33-22-20-30(39)21-23-33)27-37(44)42(26-29-14-11-15-31(40)24-29)35(25-28-12-5-3-6-13-28)38(45)41-32-16-7-4-8-17-32/h3,5-6,9-15,18-24,32,35H,2,4,7-8,16-17,25-27H2,1H3,(H,41,45)/t35-/m1/s1. The molecular weight excluding hydrogens is 681 g/mol. The number of sulfonamides is 1. The molecule has 8 nitrogen and oxygen atoms in total. The molecule has 11 heteroatoms. The molecule has 0 saturated heterocycles. The maximum atomic E-state index is 14.8. The molecule has 1 aliphatic rings. The zero-order valence-electron chi connectivity index (χ0n) is 27.4. The molecule has 1 saturated carbocycles. The van der Waals surface area contributed by atoms with Gasteiger partial charge in [0.05, 0.1) is 17.2 Å². The van der Waals surface area contributed by atoms with E-state index in [2.05, 4.69) is 5.32 Å². The fraction of sp³-hybridized carbons (Fsp3) is 0.316. The average Bonchev–Trinajstić information content (AvgIpc) is 3.10. The van der Waals surface area contributed by atoms with Crippen molar-refractivity contribution in [2.75, 3.05) is 17.5 Å². The van der Waals surface area contributed by atoms with Crippen LogP contribution < -0.4 is 14.4 Å². The van der Waals surface area contributed by atoms with E-state index < -0.39 is 28.5 Å². The summed E-state index contributed by atoms with van der Waals surface area (Å²) in [4.78, 5) is 30.5. The van der Waals surface area contributed by atoms with Gasteiger partial charge in [0.25, 0.3) is 10.0 Å². The molecule has 258 valence electrons. The number of rotatable bonds is 14. The number of nitrogens with one attached hydrogen (secondary N) is 1. The lowest BCUT2D eigenvalue weighted by Crippen LogP contribution is -2.55. The number of hydrogen-bond acceptors (Lipinski definition) is 5. The minimum Gasteiger partial charge on any atom is -0.492 e. The smallest absolute Gasteiger partial charge is 0.264 e. The number of nitrogens with zero attached hydrogens (tertiary/aromatic N) is 2. The first-order valence-corrected chi connectivity index (χ1v) is 18.7. The van der Waals surface area contributed by atoms with Crippen molar-refractivity contribution < 1.29 is 22.7 Å². The van der Waals surface area contributed by atoms with Crippen molar-refractivity contribution >= 4 is 50.7 Å². The number of amides is 2. The zero-order chi connectivity index (χ0) is 34.8. The molecule has 0 unspecified atom stereocenters. The van der Waals surface area contributed by atoms with Gasteiger partial charge in [0.1, 0.15) is 18.3 Å². The Kier molecular flexibility index (Phi) is 12.6. The van der Waals surface area contributed by atoms with Crippen LogP contribution in [0.3, 0.4) is 0 Å². The number of carbonyl (C=O) groups is 2. The number of carbonyl (C=O) groups excluding carboxylic acids is 2. The van der Waals surface area contributed by atoms with E-state index in [-0.39, 0.29) is 42.1 Å². The summed E-state index contributed by atoms with van der Waals surface area (Å²) in [5.74, 6) is -0.552. The number of para-hydroxylation sites is 2. The van der Waals surface area contributed by atoms with Gasteiger partial charge < -0.3 is 15.0 Å². The maximum Gasteiger partial charge on any atom is 0.264 e. The highest BCUT2D eigenvalue weighted by molar-refractivity contribution is 7.92. The van der Waals surface area contributed by atoms with Crippen molar-refractivity contribution in [2.45, 2.75) is 69.0 Å². The first kappa shape index (κ1) is 36.2. The van der Waals surface area contributed by atoms with Gasteiger partial charge >= 0.3 is 0 Å². The highest BCUT2D eigenvalue weighted by Gasteiger charge is 2.36. The van der Waals surface area contributed by atoms with Crippen LogP contribution in [0.4, 0.5) is 5.69 Å². The van der Waals surface area contributed by atoms with E-state index in [0.717, 1.165) is 42.0 Å². The van der Waals surface area contributed by atoms with E-state index in [1.165, 1.54) is 29.2 Å². The minimum atomic E-state index is -4.32. The van der Waals surface area contributed by atoms with Crippen molar-refractivity contribution in [3.8, 4) is 5.75 Å². The summed E-state index contributed by atoms with van der Waals surface area (Å²) in [6, 6.07) is 28.1. The second-order valence-electron chi connectivity index (χ2n) is 12.1. The van der Waals surface area contributed by atoms with E-state index in [1.807, 2.05) is 36.4 Å². The highest BCUT2D eigenvalue weighted by atomic mass is 35.5. The molecule has 49 heavy (non-hydrogen) atoms. The van der Waals surface area contributed by atoms with Crippen LogP contribution in [0, 0.1) is 0 Å².